The average molecular weight is 491 g/mol. The molecule has 0 aliphatic carbocycles. The summed E-state index contributed by atoms with van der Waals surface area (Å²) in [4.78, 5) is 12.4. The van der Waals surface area contributed by atoms with Gasteiger partial charge in [-0.2, -0.15) is 5.10 Å². The van der Waals surface area contributed by atoms with Crippen LogP contribution in [0, 0.1) is 0 Å². The van der Waals surface area contributed by atoms with E-state index in [1.807, 2.05) is 47.5 Å². The zero-order chi connectivity index (χ0) is 25.4. The lowest BCUT2D eigenvalue weighted by atomic mass is 9.95. The number of fused-ring (bicyclic) bond motifs is 3. The lowest BCUT2D eigenvalue weighted by molar-refractivity contribution is -0.0199. The van der Waals surface area contributed by atoms with Gasteiger partial charge in [0, 0.05) is 23.1 Å². The Morgan fingerprint density at radius 3 is 2.33 bits per heavy atom. The second-order valence-corrected chi connectivity index (χ2v) is 8.29. The topological polar surface area (TPSA) is 99.1 Å². The molecule has 0 saturated heterocycles. The number of para-hydroxylation sites is 1. The summed E-state index contributed by atoms with van der Waals surface area (Å²) in [6.07, 6.45) is -0.198. The minimum atomic E-state index is -1.15. The Kier molecular flexibility index (Phi) is 6.05. The fourth-order valence-corrected chi connectivity index (χ4v) is 4.80. The molecule has 9 heteroatoms. The van der Waals surface area contributed by atoms with E-state index in [1.165, 1.54) is 14.2 Å². The van der Waals surface area contributed by atoms with Crippen LogP contribution in [0.1, 0.15) is 45.7 Å². The van der Waals surface area contributed by atoms with Crippen LogP contribution in [0.15, 0.2) is 59.7 Å². The second-order valence-electron chi connectivity index (χ2n) is 8.29. The lowest BCUT2D eigenvalue weighted by Crippen LogP contribution is -2.34. The van der Waals surface area contributed by atoms with Crippen LogP contribution in [0.25, 0.3) is 0 Å². The first kappa shape index (κ1) is 23.3. The third-order valence-corrected chi connectivity index (χ3v) is 6.47. The van der Waals surface area contributed by atoms with E-state index in [4.69, 9.17) is 28.8 Å². The Hall–Kier alpha value is -4.40. The summed E-state index contributed by atoms with van der Waals surface area (Å²) in [5, 5.41) is 16.9. The SMILES string of the molecule is COc1ccc(C2=NN3[C@@H](C2)c2ccccc2O[C@H]3c2ccc(OC)c(OC)c2C(=O)O)cc1OC. The van der Waals surface area contributed by atoms with Gasteiger partial charge in [-0.25, -0.2) is 9.80 Å². The highest BCUT2D eigenvalue weighted by molar-refractivity contribution is 6.02. The molecule has 186 valence electrons. The normalized spacial score (nSPS) is 17.9. The smallest absolute Gasteiger partial charge is 0.340 e. The van der Waals surface area contributed by atoms with Crippen molar-refractivity contribution in [1.29, 1.82) is 0 Å². The first-order valence-electron chi connectivity index (χ1n) is 11.3. The molecular formula is C27H26N2O7. The Bertz CT molecular complexity index is 1350. The number of ether oxygens (including phenoxy) is 5. The van der Waals surface area contributed by atoms with Crippen molar-refractivity contribution in [3.63, 3.8) is 0 Å². The van der Waals surface area contributed by atoms with Crippen molar-refractivity contribution in [1.82, 2.24) is 5.01 Å². The van der Waals surface area contributed by atoms with Gasteiger partial charge in [-0.15, -0.1) is 0 Å². The molecule has 0 saturated carbocycles. The maximum absolute atomic E-state index is 12.4. The molecular weight excluding hydrogens is 464 g/mol. The molecule has 2 aliphatic rings. The molecule has 0 spiro atoms. The molecule has 5 rings (SSSR count). The molecule has 0 unspecified atom stereocenters. The van der Waals surface area contributed by atoms with Gasteiger partial charge in [0.05, 0.1) is 40.2 Å². The third-order valence-electron chi connectivity index (χ3n) is 6.47. The minimum absolute atomic E-state index is 0.0326. The number of benzene rings is 3. The van der Waals surface area contributed by atoms with Crippen LogP contribution in [0.4, 0.5) is 0 Å². The molecule has 2 atom stereocenters. The maximum Gasteiger partial charge on any atom is 0.340 e. The maximum atomic E-state index is 12.4. The first-order valence-corrected chi connectivity index (χ1v) is 11.3. The first-order chi connectivity index (χ1) is 17.5. The second kappa shape index (κ2) is 9.33. The van der Waals surface area contributed by atoms with Gasteiger partial charge in [0.15, 0.2) is 23.0 Å². The van der Waals surface area contributed by atoms with Gasteiger partial charge in [-0.1, -0.05) is 18.2 Å². The van der Waals surface area contributed by atoms with Crippen molar-refractivity contribution < 1.29 is 33.6 Å². The number of nitrogens with zero attached hydrogens (tertiary/aromatic N) is 2. The van der Waals surface area contributed by atoms with Crippen molar-refractivity contribution in [2.45, 2.75) is 18.7 Å². The van der Waals surface area contributed by atoms with Crippen LogP contribution in [-0.4, -0.2) is 50.2 Å². The summed E-state index contributed by atoms with van der Waals surface area (Å²) >= 11 is 0. The Morgan fingerprint density at radius 1 is 0.917 bits per heavy atom. The molecule has 3 aromatic rings. The highest BCUT2D eigenvalue weighted by atomic mass is 16.5. The van der Waals surface area contributed by atoms with Crippen LogP contribution in [0.5, 0.6) is 28.7 Å². The predicted molar refractivity (Wildman–Crippen MR) is 132 cm³/mol. The molecule has 3 aromatic carbocycles. The number of rotatable bonds is 7. The lowest BCUT2D eigenvalue weighted by Gasteiger charge is -2.38. The minimum Gasteiger partial charge on any atom is -0.493 e. The summed E-state index contributed by atoms with van der Waals surface area (Å²) in [6.45, 7) is 0. The van der Waals surface area contributed by atoms with E-state index in [0.717, 1.165) is 16.8 Å². The number of hydrogen-bond acceptors (Lipinski definition) is 8. The Labute approximate surface area is 208 Å². The zero-order valence-electron chi connectivity index (χ0n) is 20.3. The molecule has 2 heterocycles. The molecule has 2 aliphatic heterocycles. The summed E-state index contributed by atoms with van der Waals surface area (Å²) in [6, 6.07) is 16.6. The molecule has 0 bridgehead atoms. The van der Waals surface area contributed by atoms with E-state index in [0.29, 0.717) is 35.0 Å². The van der Waals surface area contributed by atoms with Crippen LogP contribution in [0.2, 0.25) is 0 Å². The summed E-state index contributed by atoms with van der Waals surface area (Å²) < 4.78 is 28.0. The third kappa shape index (κ3) is 3.73. The van der Waals surface area contributed by atoms with Crippen molar-refractivity contribution in [2.75, 3.05) is 28.4 Å². The van der Waals surface area contributed by atoms with Crippen molar-refractivity contribution in [2.24, 2.45) is 5.10 Å². The Morgan fingerprint density at radius 2 is 1.64 bits per heavy atom. The number of methoxy groups -OCH3 is 4. The number of carbonyl (C=O) groups is 1. The van der Waals surface area contributed by atoms with E-state index < -0.39 is 12.2 Å². The van der Waals surface area contributed by atoms with E-state index in [1.54, 1.807) is 26.4 Å². The van der Waals surface area contributed by atoms with E-state index in [-0.39, 0.29) is 17.4 Å². The van der Waals surface area contributed by atoms with E-state index in [9.17, 15) is 9.90 Å². The number of carboxylic acid groups (broad SMARTS) is 1. The van der Waals surface area contributed by atoms with E-state index in [2.05, 4.69) is 0 Å². The molecule has 1 N–H and O–H groups in total. The quantitative estimate of drug-likeness (QED) is 0.511. The number of hydrogen-bond donors (Lipinski definition) is 1. The molecule has 0 aromatic heterocycles. The summed E-state index contributed by atoms with van der Waals surface area (Å²) in [5.41, 5.74) is 3.06. The van der Waals surface area contributed by atoms with Crippen molar-refractivity contribution in [3.8, 4) is 28.7 Å². The van der Waals surface area contributed by atoms with Gasteiger partial charge in [-0.05, 0) is 36.4 Å². The monoisotopic (exact) mass is 490 g/mol. The standard InChI is InChI=1S/C27H26N2O7/c1-32-21-11-9-15(13-23(21)34-3)18-14-19-16-7-5-6-8-20(16)36-26(29(19)28-18)17-10-12-22(33-2)25(35-4)24(17)27(30)31/h5-13,19,26H,14H2,1-4H3,(H,30,31)/t19-,26-/m0/s1. The fraction of sp³-hybridized carbons (Fsp3) is 0.259. The van der Waals surface area contributed by atoms with Gasteiger partial charge in [0.2, 0.25) is 6.23 Å². The average Bonchev–Trinajstić information content (AvgIpc) is 3.37. The van der Waals surface area contributed by atoms with Crippen LogP contribution >= 0.6 is 0 Å². The highest BCUT2D eigenvalue weighted by Crippen LogP contribution is 2.49. The fourth-order valence-electron chi connectivity index (χ4n) is 4.80. The summed E-state index contributed by atoms with van der Waals surface area (Å²) in [5.74, 6) is 1.21. The van der Waals surface area contributed by atoms with Gasteiger partial charge >= 0.3 is 5.97 Å². The molecule has 0 amide bonds. The molecule has 0 radical (unpaired) electrons. The van der Waals surface area contributed by atoms with Crippen LogP contribution < -0.4 is 23.7 Å². The Balaban J connectivity index is 1.65. The van der Waals surface area contributed by atoms with Gasteiger partial charge in [0.1, 0.15) is 11.3 Å². The van der Waals surface area contributed by atoms with Crippen molar-refractivity contribution in [3.05, 3.63) is 76.9 Å². The van der Waals surface area contributed by atoms with Crippen molar-refractivity contribution >= 4 is 11.7 Å². The predicted octanol–water partition coefficient (Wildman–Crippen LogP) is 4.66. The largest absolute Gasteiger partial charge is 0.493 e. The molecule has 9 nitrogen and oxygen atoms in total. The number of aromatic carboxylic acids is 1. The summed E-state index contributed by atoms with van der Waals surface area (Å²) in [7, 11) is 6.06. The number of carboxylic acids is 1. The highest BCUT2D eigenvalue weighted by Gasteiger charge is 2.43. The zero-order valence-corrected chi connectivity index (χ0v) is 20.3. The van der Waals surface area contributed by atoms with Crippen LogP contribution in [0.3, 0.4) is 0 Å². The molecule has 0 fully saturated rings. The van der Waals surface area contributed by atoms with E-state index >= 15 is 0 Å². The van der Waals surface area contributed by atoms with Crippen LogP contribution in [-0.2, 0) is 0 Å². The molecule has 36 heavy (non-hydrogen) atoms. The van der Waals surface area contributed by atoms with Gasteiger partial charge in [-0.3, -0.25) is 0 Å². The number of hydrazone groups is 1. The van der Waals surface area contributed by atoms with Gasteiger partial charge < -0.3 is 28.8 Å². The van der Waals surface area contributed by atoms with Gasteiger partial charge in [0.25, 0.3) is 0 Å².